The van der Waals surface area contributed by atoms with Crippen LogP contribution in [0.4, 0.5) is 0 Å². The van der Waals surface area contributed by atoms with Gasteiger partial charge < -0.3 is 10.8 Å². The van der Waals surface area contributed by atoms with Crippen LogP contribution in [0.3, 0.4) is 0 Å². The van der Waals surface area contributed by atoms with Crippen LogP contribution in [-0.4, -0.2) is 5.11 Å². The highest BCUT2D eigenvalue weighted by atomic mass is 35.5. The Balaban J connectivity index is 0.00000144. The maximum absolute atomic E-state index is 9.41. The molecule has 13 heavy (non-hydrogen) atoms. The number of phenols is 1. The van der Waals surface area contributed by atoms with Gasteiger partial charge in [0, 0.05) is 5.56 Å². The summed E-state index contributed by atoms with van der Waals surface area (Å²) >= 11 is 0. The van der Waals surface area contributed by atoms with Crippen LogP contribution in [-0.2, 0) is 0 Å². The van der Waals surface area contributed by atoms with Crippen molar-refractivity contribution in [1.82, 2.24) is 0 Å². The SMILES string of the molecule is C=C[C@H](N)c1cc(C)ccc1O.Cl. The Morgan fingerprint density at radius 3 is 2.69 bits per heavy atom. The second kappa shape index (κ2) is 4.90. The number of hydrogen-bond donors (Lipinski definition) is 2. The summed E-state index contributed by atoms with van der Waals surface area (Å²) in [6, 6.07) is 5.06. The fraction of sp³-hybridized carbons (Fsp3) is 0.200. The van der Waals surface area contributed by atoms with E-state index in [2.05, 4.69) is 6.58 Å². The smallest absolute Gasteiger partial charge is 0.120 e. The number of aromatic hydroxyl groups is 1. The third kappa shape index (κ3) is 2.76. The van der Waals surface area contributed by atoms with E-state index in [1.807, 2.05) is 19.1 Å². The summed E-state index contributed by atoms with van der Waals surface area (Å²) < 4.78 is 0. The minimum atomic E-state index is -0.287. The molecule has 0 saturated heterocycles. The molecule has 0 aliphatic carbocycles. The van der Waals surface area contributed by atoms with Gasteiger partial charge in [-0.05, 0) is 13.0 Å². The molecule has 0 aliphatic rings. The minimum absolute atomic E-state index is 0. The van der Waals surface area contributed by atoms with E-state index < -0.39 is 0 Å². The molecule has 3 heteroatoms. The molecule has 0 spiro atoms. The molecule has 1 atom stereocenters. The van der Waals surface area contributed by atoms with Crippen LogP contribution < -0.4 is 5.73 Å². The van der Waals surface area contributed by atoms with Crippen molar-refractivity contribution in [2.75, 3.05) is 0 Å². The fourth-order valence-electron chi connectivity index (χ4n) is 1.07. The zero-order valence-corrected chi connectivity index (χ0v) is 8.34. The zero-order chi connectivity index (χ0) is 9.14. The van der Waals surface area contributed by atoms with Crippen LogP contribution in [0.25, 0.3) is 0 Å². The normalized spacial score (nSPS) is 11.5. The standard InChI is InChI=1S/C10H13NO.ClH/c1-3-9(11)8-6-7(2)4-5-10(8)12;/h3-6,9,12H,1,11H2,2H3;1H/t9-;/m0./s1. The van der Waals surface area contributed by atoms with Gasteiger partial charge in [0.2, 0.25) is 0 Å². The van der Waals surface area contributed by atoms with Crippen LogP contribution >= 0.6 is 12.4 Å². The van der Waals surface area contributed by atoms with Gasteiger partial charge in [0.25, 0.3) is 0 Å². The maximum Gasteiger partial charge on any atom is 0.120 e. The van der Waals surface area contributed by atoms with Crippen molar-refractivity contribution in [3.8, 4) is 5.75 Å². The van der Waals surface area contributed by atoms with Gasteiger partial charge in [-0.25, -0.2) is 0 Å². The van der Waals surface area contributed by atoms with E-state index in [9.17, 15) is 5.11 Å². The van der Waals surface area contributed by atoms with Crippen molar-refractivity contribution >= 4 is 12.4 Å². The third-order valence-corrected chi connectivity index (χ3v) is 1.80. The summed E-state index contributed by atoms with van der Waals surface area (Å²) in [5.74, 6) is 0.230. The molecule has 0 aliphatic heterocycles. The molecule has 1 aromatic rings. The first-order chi connectivity index (χ1) is 5.65. The van der Waals surface area contributed by atoms with Crippen LogP contribution in [0.15, 0.2) is 30.9 Å². The molecule has 72 valence electrons. The first-order valence-electron chi connectivity index (χ1n) is 3.83. The topological polar surface area (TPSA) is 46.2 Å². The minimum Gasteiger partial charge on any atom is -0.508 e. The first kappa shape index (κ1) is 12.0. The number of nitrogens with two attached hydrogens (primary N) is 1. The molecular weight excluding hydrogens is 186 g/mol. The van der Waals surface area contributed by atoms with E-state index in [4.69, 9.17) is 5.73 Å². The number of hydrogen-bond acceptors (Lipinski definition) is 2. The second-order valence-corrected chi connectivity index (χ2v) is 2.82. The zero-order valence-electron chi connectivity index (χ0n) is 7.53. The summed E-state index contributed by atoms with van der Waals surface area (Å²) in [4.78, 5) is 0. The molecule has 0 aromatic heterocycles. The fourth-order valence-corrected chi connectivity index (χ4v) is 1.07. The molecule has 1 rings (SSSR count). The van der Waals surface area contributed by atoms with Gasteiger partial charge in [-0.3, -0.25) is 0 Å². The van der Waals surface area contributed by atoms with Crippen LogP contribution in [0, 0.1) is 6.92 Å². The molecule has 0 bridgehead atoms. The van der Waals surface area contributed by atoms with E-state index >= 15 is 0 Å². The molecule has 0 fully saturated rings. The predicted molar refractivity (Wildman–Crippen MR) is 57.2 cm³/mol. The molecule has 0 unspecified atom stereocenters. The highest BCUT2D eigenvalue weighted by Crippen LogP contribution is 2.23. The van der Waals surface area contributed by atoms with Crippen molar-refractivity contribution in [3.05, 3.63) is 42.0 Å². The van der Waals surface area contributed by atoms with Crippen LogP contribution in [0.2, 0.25) is 0 Å². The summed E-state index contributed by atoms with van der Waals surface area (Å²) in [7, 11) is 0. The van der Waals surface area contributed by atoms with Gasteiger partial charge in [0.15, 0.2) is 0 Å². The largest absolute Gasteiger partial charge is 0.508 e. The number of aryl methyl sites for hydroxylation is 1. The Labute approximate surface area is 84.5 Å². The number of phenolic OH excluding ortho intramolecular Hbond substituents is 1. The monoisotopic (exact) mass is 199 g/mol. The molecule has 0 saturated carbocycles. The third-order valence-electron chi connectivity index (χ3n) is 1.80. The van der Waals surface area contributed by atoms with E-state index in [0.29, 0.717) is 0 Å². The summed E-state index contributed by atoms with van der Waals surface area (Å²) in [6.07, 6.45) is 1.61. The van der Waals surface area contributed by atoms with Crippen molar-refractivity contribution in [2.45, 2.75) is 13.0 Å². The van der Waals surface area contributed by atoms with Gasteiger partial charge in [-0.1, -0.05) is 23.8 Å². The average molecular weight is 200 g/mol. The first-order valence-corrected chi connectivity index (χ1v) is 3.83. The molecule has 3 N–H and O–H groups in total. The van der Waals surface area contributed by atoms with Crippen LogP contribution in [0.1, 0.15) is 17.2 Å². The van der Waals surface area contributed by atoms with Crippen molar-refractivity contribution in [1.29, 1.82) is 0 Å². The van der Waals surface area contributed by atoms with Gasteiger partial charge in [-0.15, -0.1) is 19.0 Å². The van der Waals surface area contributed by atoms with E-state index in [1.54, 1.807) is 12.1 Å². The van der Waals surface area contributed by atoms with Gasteiger partial charge in [-0.2, -0.15) is 0 Å². The Morgan fingerprint density at radius 2 is 2.15 bits per heavy atom. The highest BCUT2D eigenvalue weighted by Gasteiger charge is 2.06. The summed E-state index contributed by atoms with van der Waals surface area (Å²) in [6.45, 7) is 5.53. The molecular formula is C10H14ClNO. The molecule has 1 aromatic carbocycles. The van der Waals surface area contributed by atoms with Gasteiger partial charge in [0.1, 0.15) is 5.75 Å². The number of benzene rings is 1. The Morgan fingerprint density at radius 1 is 1.54 bits per heavy atom. The number of halogens is 1. The van der Waals surface area contributed by atoms with Gasteiger partial charge >= 0.3 is 0 Å². The molecule has 0 heterocycles. The molecule has 0 amide bonds. The van der Waals surface area contributed by atoms with Crippen LogP contribution in [0.5, 0.6) is 5.75 Å². The summed E-state index contributed by atoms with van der Waals surface area (Å²) in [5.41, 5.74) is 7.50. The Hall–Kier alpha value is -0.990. The average Bonchev–Trinajstić information content (AvgIpc) is 2.08. The van der Waals surface area contributed by atoms with Crippen molar-refractivity contribution in [3.63, 3.8) is 0 Å². The second-order valence-electron chi connectivity index (χ2n) is 2.82. The molecule has 0 radical (unpaired) electrons. The van der Waals surface area contributed by atoms with Crippen molar-refractivity contribution in [2.24, 2.45) is 5.73 Å². The predicted octanol–water partition coefficient (Wildman–Crippen LogP) is 2.31. The number of rotatable bonds is 2. The lowest BCUT2D eigenvalue weighted by Gasteiger charge is -2.09. The van der Waals surface area contributed by atoms with E-state index in [0.717, 1.165) is 11.1 Å². The lowest BCUT2D eigenvalue weighted by molar-refractivity contribution is 0.465. The maximum atomic E-state index is 9.41. The highest BCUT2D eigenvalue weighted by molar-refractivity contribution is 5.85. The quantitative estimate of drug-likeness (QED) is 0.719. The Bertz CT molecular complexity index is 299. The summed E-state index contributed by atoms with van der Waals surface area (Å²) in [5, 5.41) is 9.41. The lowest BCUT2D eigenvalue weighted by Crippen LogP contribution is -2.06. The van der Waals surface area contributed by atoms with Gasteiger partial charge in [0.05, 0.1) is 6.04 Å². The lowest BCUT2D eigenvalue weighted by atomic mass is 10.0. The van der Waals surface area contributed by atoms with E-state index in [-0.39, 0.29) is 24.2 Å². The molecule has 2 nitrogen and oxygen atoms in total. The van der Waals surface area contributed by atoms with Crippen molar-refractivity contribution < 1.29 is 5.11 Å². The van der Waals surface area contributed by atoms with E-state index in [1.165, 1.54) is 0 Å². The Kier molecular flexibility index (Phi) is 4.52.